The largest absolute Gasteiger partial charge is 0.456 e. The van der Waals surface area contributed by atoms with Gasteiger partial charge in [-0.05, 0) is 123 Å². The van der Waals surface area contributed by atoms with E-state index in [-0.39, 0.29) is 0 Å². The van der Waals surface area contributed by atoms with E-state index in [4.69, 9.17) is 4.42 Å². The topological polar surface area (TPSA) is 21.3 Å². The monoisotopic (exact) mass is 778 g/mol. The Labute approximate surface area is 353 Å². The molecule has 0 N–H and O–H groups in total. The molecule has 0 aliphatic heterocycles. The summed E-state index contributed by atoms with van der Waals surface area (Å²) in [6.45, 7) is 0. The van der Waals surface area contributed by atoms with Crippen LogP contribution < -0.4 is 4.90 Å². The van der Waals surface area contributed by atoms with Crippen molar-refractivity contribution in [3.63, 3.8) is 0 Å². The van der Waals surface area contributed by atoms with Gasteiger partial charge in [-0.1, -0.05) is 152 Å². The van der Waals surface area contributed by atoms with Crippen LogP contribution in [0, 0.1) is 0 Å². The number of fused-ring (bicyclic) bond motifs is 7. The van der Waals surface area contributed by atoms with Gasteiger partial charge in [-0.3, -0.25) is 0 Å². The molecular weight excluding hydrogens is 741 g/mol. The van der Waals surface area contributed by atoms with Crippen molar-refractivity contribution in [1.29, 1.82) is 0 Å². The summed E-state index contributed by atoms with van der Waals surface area (Å²) >= 11 is 0. The number of rotatable bonds is 7. The zero-order valence-electron chi connectivity index (χ0n) is 33.2. The molecule has 0 saturated carbocycles. The van der Waals surface area contributed by atoms with Gasteiger partial charge >= 0.3 is 0 Å². The number of para-hydroxylation sites is 3. The molecule has 0 spiro atoms. The molecule has 286 valence electrons. The van der Waals surface area contributed by atoms with Gasteiger partial charge in [-0.15, -0.1) is 0 Å². The van der Waals surface area contributed by atoms with Gasteiger partial charge in [0.2, 0.25) is 0 Å². The van der Waals surface area contributed by atoms with Gasteiger partial charge in [0, 0.05) is 44.3 Å². The van der Waals surface area contributed by atoms with E-state index in [9.17, 15) is 0 Å². The predicted molar refractivity (Wildman–Crippen MR) is 257 cm³/mol. The van der Waals surface area contributed by atoms with Gasteiger partial charge in [0.05, 0.1) is 11.0 Å². The first-order chi connectivity index (χ1) is 30.2. The third kappa shape index (κ3) is 5.98. The van der Waals surface area contributed by atoms with Crippen molar-refractivity contribution in [2.24, 2.45) is 0 Å². The van der Waals surface area contributed by atoms with Gasteiger partial charge in [-0.2, -0.15) is 0 Å². The zero-order chi connectivity index (χ0) is 40.3. The number of furan rings is 1. The Bertz CT molecular complexity index is 3560. The van der Waals surface area contributed by atoms with Crippen LogP contribution in [0.15, 0.2) is 235 Å². The van der Waals surface area contributed by atoms with E-state index in [2.05, 4.69) is 228 Å². The SMILES string of the molecule is c1cc(-c2ccc3ccccc3c2)cc(N(c2ccc(-c3cccc(-n4c5ccccc5c5ccccc54)c3)cc2)c2cccc(-c3cccc4oc5ccccc5c34)c2)c1. The molecule has 0 saturated heterocycles. The summed E-state index contributed by atoms with van der Waals surface area (Å²) in [5.41, 5.74) is 15.5. The fourth-order valence-corrected chi connectivity index (χ4v) is 9.30. The predicted octanol–water partition coefficient (Wildman–Crippen LogP) is 16.3. The average Bonchev–Trinajstić information content (AvgIpc) is 3.88. The lowest BCUT2D eigenvalue weighted by molar-refractivity contribution is 0.669. The van der Waals surface area contributed by atoms with Crippen molar-refractivity contribution < 1.29 is 4.42 Å². The van der Waals surface area contributed by atoms with E-state index in [0.717, 1.165) is 72.5 Å². The average molecular weight is 779 g/mol. The molecule has 3 heteroatoms. The first-order valence-electron chi connectivity index (χ1n) is 20.8. The van der Waals surface area contributed by atoms with E-state index in [1.54, 1.807) is 0 Å². The van der Waals surface area contributed by atoms with Crippen molar-refractivity contribution in [2.75, 3.05) is 4.90 Å². The molecule has 2 heterocycles. The van der Waals surface area contributed by atoms with Gasteiger partial charge in [0.1, 0.15) is 11.2 Å². The number of benzene rings is 10. The second kappa shape index (κ2) is 14.3. The highest BCUT2D eigenvalue weighted by Crippen LogP contribution is 2.42. The normalized spacial score (nSPS) is 11.6. The highest BCUT2D eigenvalue weighted by Gasteiger charge is 2.18. The zero-order valence-corrected chi connectivity index (χ0v) is 33.2. The number of anilines is 3. The molecule has 2 aromatic heterocycles. The van der Waals surface area contributed by atoms with Crippen LogP contribution in [0.4, 0.5) is 17.1 Å². The minimum Gasteiger partial charge on any atom is -0.456 e. The Kier molecular flexibility index (Phi) is 8.17. The van der Waals surface area contributed by atoms with Crippen molar-refractivity contribution in [1.82, 2.24) is 4.57 Å². The molecular formula is C58H38N2O. The summed E-state index contributed by atoms with van der Waals surface area (Å²) in [5.74, 6) is 0. The molecule has 12 aromatic rings. The Morgan fingerprint density at radius 3 is 1.66 bits per heavy atom. The van der Waals surface area contributed by atoms with E-state index in [0.29, 0.717) is 0 Å². The maximum absolute atomic E-state index is 6.31. The van der Waals surface area contributed by atoms with Crippen LogP contribution in [0.25, 0.3) is 93.6 Å². The molecule has 0 radical (unpaired) electrons. The van der Waals surface area contributed by atoms with Crippen LogP contribution in [0.5, 0.6) is 0 Å². The number of hydrogen-bond acceptors (Lipinski definition) is 2. The van der Waals surface area contributed by atoms with Crippen LogP contribution in [0.2, 0.25) is 0 Å². The Hall–Kier alpha value is -8.14. The summed E-state index contributed by atoms with van der Waals surface area (Å²) in [4.78, 5) is 2.37. The number of nitrogens with zero attached hydrogens (tertiary/aromatic N) is 2. The van der Waals surface area contributed by atoms with Crippen molar-refractivity contribution >= 4 is 71.6 Å². The quantitative estimate of drug-likeness (QED) is 0.161. The fraction of sp³-hybridized carbons (Fsp3) is 0. The van der Waals surface area contributed by atoms with Crippen molar-refractivity contribution in [2.45, 2.75) is 0 Å². The smallest absolute Gasteiger partial charge is 0.136 e. The molecule has 0 atom stereocenters. The Morgan fingerprint density at radius 2 is 0.885 bits per heavy atom. The minimum absolute atomic E-state index is 0.891. The molecule has 0 aliphatic carbocycles. The van der Waals surface area contributed by atoms with Gasteiger partial charge < -0.3 is 13.9 Å². The highest BCUT2D eigenvalue weighted by atomic mass is 16.3. The van der Waals surface area contributed by atoms with E-state index in [1.807, 2.05) is 12.1 Å². The molecule has 0 amide bonds. The van der Waals surface area contributed by atoms with Crippen molar-refractivity contribution in [3.05, 3.63) is 231 Å². The maximum atomic E-state index is 6.31. The first-order valence-corrected chi connectivity index (χ1v) is 20.8. The fourth-order valence-electron chi connectivity index (χ4n) is 9.30. The summed E-state index contributed by atoms with van der Waals surface area (Å²) in [6, 6.07) is 83.0. The number of aromatic nitrogens is 1. The second-order valence-electron chi connectivity index (χ2n) is 15.7. The summed E-state index contributed by atoms with van der Waals surface area (Å²) in [7, 11) is 0. The van der Waals surface area contributed by atoms with Crippen LogP contribution in [0.3, 0.4) is 0 Å². The third-order valence-corrected chi connectivity index (χ3v) is 12.1. The Morgan fingerprint density at radius 1 is 0.328 bits per heavy atom. The summed E-state index contributed by atoms with van der Waals surface area (Å²) in [6.07, 6.45) is 0. The molecule has 61 heavy (non-hydrogen) atoms. The highest BCUT2D eigenvalue weighted by molar-refractivity contribution is 6.13. The van der Waals surface area contributed by atoms with Crippen molar-refractivity contribution in [3.8, 4) is 39.1 Å². The molecule has 0 bridgehead atoms. The van der Waals surface area contributed by atoms with E-state index < -0.39 is 0 Å². The molecule has 0 unspecified atom stereocenters. The van der Waals surface area contributed by atoms with Crippen LogP contribution in [-0.4, -0.2) is 4.57 Å². The third-order valence-electron chi connectivity index (χ3n) is 12.1. The van der Waals surface area contributed by atoms with Crippen LogP contribution >= 0.6 is 0 Å². The van der Waals surface area contributed by atoms with E-state index in [1.165, 1.54) is 38.1 Å². The minimum atomic E-state index is 0.891. The summed E-state index contributed by atoms with van der Waals surface area (Å²) < 4.78 is 8.70. The Balaban J connectivity index is 0.977. The second-order valence-corrected chi connectivity index (χ2v) is 15.7. The van der Waals surface area contributed by atoms with Crippen LogP contribution in [-0.2, 0) is 0 Å². The van der Waals surface area contributed by atoms with E-state index >= 15 is 0 Å². The van der Waals surface area contributed by atoms with Gasteiger partial charge in [-0.25, -0.2) is 0 Å². The molecule has 3 nitrogen and oxygen atoms in total. The molecule has 0 aliphatic rings. The first kappa shape index (κ1) is 34.9. The lowest BCUT2D eigenvalue weighted by Crippen LogP contribution is -2.10. The molecule has 10 aromatic carbocycles. The lowest BCUT2D eigenvalue weighted by atomic mass is 9.98. The van der Waals surface area contributed by atoms with Gasteiger partial charge in [0.25, 0.3) is 0 Å². The van der Waals surface area contributed by atoms with Gasteiger partial charge in [0.15, 0.2) is 0 Å². The lowest BCUT2D eigenvalue weighted by Gasteiger charge is -2.27. The molecule has 0 fully saturated rings. The van der Waals surface area contributed by atoms with Crippen LogP contribution in [0.1, 0.15) is 0 Å². The number of hydrogen-bond donors (Lipinski definition) is 0. The maximum Gasteiger partial charge on any atom is 0.136 e. The standard InChI is InChI=1S/C58H38N2O/c1-2-14-41-35-44(30-29-39(41)13-1)43-16-10-18-47(37-43)59(48-19-11-17-45(38-48)50-24-12-28-57-58(50)53-23-5-8-27-56(53)61-57)46-33-31-40(32-34-46)42-15-9-20-49(36-42)60-54-25-6-3-21-51(54)52-22-4-7-26-55(52)60/h1-38H. The summed E-state index contributed by atoms with van der Waals surface area (Å²) in [5, 5.41) is 7.24. The molecule has 12 rings (SSSR count).